The molecule has 1 heterocycles. The number of hydrogen-bond donors (Lipinski definition) is 0. The molecule has 68 valence electrons. The van der Waals surface area contributed by atoms with Crippen LogP contribution >= 0.6 is 0 Å². The summed E-state index contributed by atoms with van der Waals surface area (Å²) in [6.07, 6.45) is 3.73. The number of rotatable bonds is 1. The summed E-state index contributed by atoms with van der Waals surface area (Å²) in [5, 5.41) is 0. The summed E-state index contributed by atoms with van der Waals surface area (Å²) in [5.41, 5.74) is 0.0846. The van der Waals surface area contributed by atoms with Crippen LogP contribution < -0.4 is 0 Å². The van der Waals surface area contributed by atoms with Crippen LogP contribution in [-0.2, 0) is 0 Å². The third-order valence-electron chi connectivity index (χ3n) is 3.35. The molecule has 12 heavy (non-hydrogen) atoms. The van der Waals surface area contributed by atoms with Gasteiger partial charge in [-0.05, 0) is 33.2 Å². The van der Waals surface area contributed by atoms with Gasteiger partial charge < -0.3 is 4.90 Å². The Morgan fingerprint density at radius 3 is 2.08 bits per heavy atom. The Hall–Kier alpha value is -0.0800. The van der Waals surface area contributed by atoms with Gasteiger partial charge in [0.05, 0.1) is 0 Å². The molecule has 0 aromatic rings. The monoisotopic (exact) mass is 166 g/mol. The predicted octanol–water partition coefficient (Wildman–Crippen LogP) is 0.868. The van der Waals surface area contributed by atoms with Crippen molar-refractivity contribution in [3.63, 3.8) is 0 Å². The third-order valence-corrected chi connectivity index (χ3v) is 3.35. The van der Waals surface area contributed by atoms with Crippen LogP contribution in [0.1, 0.15) is 19.3 Å². The van der Waals surface area contributed by atoms with Gasteiger partial charge in [0.2, 0.25) is 0 Å². The lowest BCUT2D eigenvalue weighted by molar-refractivity contribution is 0.0184. The Labute approximate surface area is 75.5 Å². The molecule has 1 aliphatic heterocycles. The lowest BCUT2D eigenvalue weighted by atomic mass is 9.77. The maximum Gasteiger partial charge on any atom is 0.0245 e. The zero-order chi connectivity index (χ0) is 8.60. The van der Waals surface area contributed by atoms with E-state index >= 15 is 0 Å². The molecule has 0 aromatic carbocycles. The molecule has 0 N–H and O–H groups in total. The van der Waals surface area contributed by atoms with Gasteiger partial charge in [0.25, 0.3) is 0 Å². The van der Waals surface area contributed by atoms with Crippen molar-refractivity contribution in [2.45, 2.75) is 24.8 Å². The predicted molar refractivity (Wildman–Crippen MR) is 50.0 cm³/mol. The van der Waals surface area contributed by atoms with Crippen LogP contribution in [0.5, 0.6) is 0 Å². The van der Waals surface area contributed by atoms with E-state index in [4.69, 9.17) is 6.92 Å². The van der Waals surface area contributed by atoms with Crippen molar-refractivity contribution in [2.75, 3.05) is 33.2 Å². The highest BCUT2D eigenvalue weighted by Crippen LogP contribution is 2.36. The molecular weight excluding hydrogens is 148 g/mol. The average molecular weight is 166 g/mol. The third kappa shape index (κ3) is 1.38. The van der Waals surface area contributed by atoms with Crippen LogP contribution in [0.15, 0.2) is 0 Å². The highest BCUT2D eigenvalue weighted by Gasteiger charge is 2.38. The van der Waals surface area contributed by atoms with E-state index in [9.17, 15) is 0 Å². The molecule has 1 saturated carbocycles. The smallest absolute Gasteiger partial charge is 0.0245 e. The van der Waals surface area contributed by atoms with Crippen molar-refractivity contribution in [1.29, 1.82) is 0 Å². The highest BCUT2D eigenvalue weighted by atomic mass is 15.3. The molecule has 2 aliphatic rings. The summed E-state index contributed by atoms with van der Waals surface area (Å²) in [7, 11) is 2.18. The zero-order valence-electron chi connectivity index (χ0n) is 7.92. The van der Waals surface area contributed by atoms with E-state index in [2.05, 4.69) is 16.8 Å². The van der Waals surface area contributed by atoms with Gasteiger partial charge in [-0.1, -0.05) is 0 Å². The summed E-state index contributed by atoms with van der Waals surface area (Å²) in [6, 6.07) is 0. The van der Waals surface area contributed by atoms with Crippen molar-refractivity contribution in [2.24, 2.45) is 0 Å². The first-order valence-electron chi connectivity index (χ1n) is 4.93. The number of likely N-dealkylation sites (N-methyl/N-ethyl adjacent to an activating group) is 1. The Bertz CT molecular complexity index is 155. The molecular formula is C10H18N2. The Morgan fingerprint density at radius 2 is 1.67 bits per heavy atom. The molecule has 0 aromatic heterocycles. The molecule has 0 unspecified atom stereocenters. The van der Waals surface area contributed by atoms with Crippen LogP contribution in [0.3, 0.4) is 0 Å². The standard InChI is InChI=1S/C10H18N2/c1-10(4-3-5-10)12-8-6-11(2)7-9-12/h1H,3-9H2,2H3. The minimum absolute atomic E-state index is 0.0846. The van der Waals surface area contributed by atoms with E-state index in [1.807, 2.05) is 0 Å². The Morgan fingerprint density at radius 1 is 1.08 bits per heavy atom. The lowest BCUT2D eigenvalue weighted by Gasteiger charge is -2.50. The van der Waals surface area contributed by atoms with Crippen molar-refractivity contribution in [3.8, 4) is 0 Å². The second-order valence-corrected chi connectivity index (χ2v) is 4.25. The second-order valence-electron chi connectivity index (χ2n) is 4.25. The van der Waals surface area contributed by atoms with Gasteiger partial charge >= 0.3 is 0 Å². The first kappa shape index (κ1) is 8.52. The minimum Gasteiger partial charge on any atom is -0.304 e. The van der Waals surface area contributed by atoms with Gasteiger partial charge in [-0.25, -0.2) is 0 Å². The van der Waals surface area contributed by atoms with Gasteiger partial charge in [-0.2, -0.15) is 0 Å². The van der Waals surface area contributed by atoms with E-state index < -0.39 is 0 Å². The van der Waals surface area contributed by atoms with E-state index in [1.54, 1.807) is 0 Å². The van der Waals surface area contributed by atoms with E-state index in [1.165, 1.54) is 32.4 Å². The number of nitrogens with zero attached hydrogens (tertiary/aromatic N) is 2. The molecule has 0 atom stereocenters. The van der Waals surface area contributed by atoms with Crippen molar-refractivity contribution >= 4 is 0 Å². The Kier molecular flexibility index (Phi) is 2.13. The van der Waals surface area contributed by atoms with Gasteiger partial charge in [-0.15, -0.1) is 0 Å². The van der Waals surface area contributed by atoms with Gasteiger partial charge in [0, 0.05) is 31.7 Å². The molecule has 1 saturated heterocycles. The first-order valence-corrected chi connectivity index (χ1v) is 4.93. The van der Waals surface area contributed by atoms with Crippen molar-refractivity contribution in [1.82, 2.24) is 9.80 Å². The van der Waals surface area contributed by atoms with Gasteiger partial charge in [-0.3, -0.25) is 4.90 Å². The molecule has 1 aliphatic carbocycles. The highest BCUT2D eigenvalue weighted by molar-refractivity contribution is 5.01. The van der Waals surface area contributed by atoms with E-state index in [0.717, 1.165) is 13.1 Å². The Balaban J connectivity index is 1.88. The quantitative estimate of drug-likeness (QED) is 0.570. The SMILES string of the molecule is [CH]C1(N2CCN(C)CC2)CCC1. The summed E-state index contributed by atoms with van der Waals surface area (Å²) < 4.78 is 0. The molecule has 0 amide bonds. The van der Waals surface area contributed by atoms with Crippen LogP contribution in [0.25, 0.3) is 0 Å². The molecule has 0 spiro atoms. The summed E-state index contributed by atoms with van der Waals surface area (Å²) >= 11 is 0. The van der Waals surface area contributed by atoms with Crippen LogP contribution in [0, 0.1) is 6.92 Å². The van der Waals surface area contributed by atoms with Crippen LogP contribution in [0.2, 0.25) is 0 Å². The number of piperazine rings is 1. The molecule has 2 nitrogen and oxygen atoms in total. The average Bonchev–Trinajstić information content (AvgIpc) is 2.02. The summed E-state index contributed by atoms with van der Waals surface area (Å²) in [5.74, 6) is 0. The molecule has 2 radical (unpaired) electrons. The topological polar surface area (TPSA) is 6.48 Å². The summed E-state index contributed by atoms with van der Waals surface area (Å²) in [6.45, 7) is 10.9. The van der Waals surface area contributed by atoms with Gasteiger partial charge in [0.15, 0.2) is 0 Å². The maximum absolute atomic E-state index is 6.23. The van der Waals surface area contributed by atoms with E-state index in [-0.39, 0.29) is 5.54 Å². The largest absolute Gasteiger partial charge is 0.304 e. The van der Waals surface area contributed by atoms with Crippen molar-refractivity contribution < 1.29 is 0 Å². The lowest BCUT2D eigenvalue weighted by Crippen LogP contribution is -2.58. The fourth-order valence-corrected chi connectivity index (χ4v) is 2.11. The minimum atomic E-state index is 0.0846. The maximum atomic E-state index is 6.23. The fraction of sp³-hybridized carbons (Fsp3) is 0.900. The van der Waals surface area contributed by atoms with Crippen LogP contribution in [0.4, 0.5) is 0 Å². The number of hydrogen-bond acceptors (Lipinski definition) is 2. The first-order chi connectivity index (χ1) is 5.71. The van der Waals surface area contributed by atoms with Gasteiger partial charge in [0.1, 0.15) is 0 Å². The van der Waals surface area contributed by atoms with Crippen LogP contribution in [-0.4, -0.2) is 48.6 Å². The molecule has 0 bridgehead atoms. The molecule has 2 heteroatoms. The zero-order valence-corrected chi connectivity index (χ0v) is 7.92. The second kappa shape index (κ2) is 3.00. The molecule has 2 fully saturated rings. The van der Waals surface area contributed by atoms with E-state index in [0.29, 0.717) is 0 Å². The summed E-state index contributed by atoms with van der Waals surface area (Å²) in [4.78, 5) is 4.84. The fourth-order valence-electron chi connectivity index (χ4n) is 2.11. The normalized spacial score (nSPS) is 31.5. The molecule has 2 rings (SSSR count). The van der Waals surface area contributed by atoms with Crippen molar-refractivity contribution in [3.05, 3.63) is 6.92 Å².